The summed E-state index contributed by atoms with van der Waals surface area (Å²) in [5.74, 6) is 1.57. The van der Waals surface area contributed by atoms with Crippen molar-refractivity contribution in [1.29, 1.82) is 0 Å². The van der Waals surface area contributed by atoms with Gasteiger partial charge >= 0.3 is 0 Å². The molecule has 0 unspecified atom stereocenters. The standard InChI is InChI=1S/C28H31ClN2O3/c1-4-33-27-11-9-22(17-23(27)19-34-25-7-5-6-20(2)16-25)28(32)31-14-12-30(13-15-31)26-18-24(29)10-8-21(26)3/h5-11,16-18H,4,12-15,19H2,1-3H3. The first-order valence-corrected chi connectivity index (χ1v) is 12.1. The topological polar surface area (TPSA) is 42.0 Å². The summed E-state index contributed by atoms with van der Waals surface area (Å²) in [5.41, 5.74) is 4.98. The van der Waals surface area contributed by atoms with Gasteiger partial charge in [0.15, 0.2) is 0 Å². The van der Waals surface area contributed by atoms with E-state index in [1.807, 2.05) is 79.4 Å². The molecule has 0 radical (unpaired) electrons. The molecule has 0 bridgehead atoms. The number of hydrogen-bond donors (Lipinski definition) is 0. The molecule has 3 aromatic carbocycles. The number of carbonyl (C=O) groups excluding carboxylic acids is 1. The van der Waals surface area contributed by atoms with E-state index >= 15 is 0 Å². The van der Waals surface area contributed by atoms with Crippen molar-refractivity contribution in [3.63, 3.8) is 0 Å². The maximum absolute atomic E-state index is 13.3. The van der Waals surface area contributed by atoms with E-state index in [9.17, 15) is 4.79 Å². The summed E-state index contributed by atoms with van der Waals surface area (Å²) in [5, 5.41) is 0.730. The van der Waals surface area contributed by atoms with Crippen LogP contribution < -0.4 is 14.4 Å². The monoisotopic (exact) mass is 478 g/mol. The molecule has 4 rings (SSSR count). The second-order valence-electron chi connectivity index (χ2n) is 8.57. The minimum absolute atomic E-state index is 0.0299. The van der Waals surface area contributed by atoms with Crippen molar-refractivity contribution in [2.45, 2.75) is 27.4 Å². The van der Waals surface area contributed by atoms with Gasteiger partial charge in [0.25, 0.3) is 5.91 Å². The molecule has 178 valence electrons. The average Bonchev–Trinajstić information content (AvgIpc) is 2.85. The summed E-state index contributed by atoms with van der Waals surface area (Å²) in [6.45, 7) is 9.82. The van der Waals surface area contributed by atoms with E-state index in [-0.39, 0.29) is 5.91 Å². The Morgan fingerprint density at radius 2 is 1.74 bits per heavy atom. The first-order valence-electron chi connectivity index (χ1n) is 11.7. The smallest absolute Gasteiger partial charge is 0.253 e. The number of carbonyl (C=O) groups is 1. The van der Waals surface area contributed by atoms with Crippen LogP contribution in [-0.4, -0.2) is 43.6 Å². The molecule has 1 saturated heterocycles. The lowest BCUT2D eigenvalue weighted by Crippen LogP contribution is -2.49. The molecule has 3 aromatic rings. The molecule has 0 atom stereocenters. The van der Waals surface area contributed by atoms with Crippen LogP contribution in [0.1, 0.15) is 34.0 Å². The Morgan fingerprint density at radius 3 is 2.47 bits per heavy atom. The van der Waals surface area contributed by atoms with E-state index in [1.165, 1.54) is 5.56 Å². The molecule has 0 spiro atoms. The van der Waals surface area contributed by atoms with Gasteiger partial charge in [-0.25, -0.2) is 0 Å². The minimum atomic E-state index is 0.0299. The van der Waals surface area contributed by atoms with Gasteiger partial charge in [0, 0.05) is 48.0 Å². The fraction of sp³-hybridized carbons (Fsp3) is 0.321. The molecular weight excluding hydrogens is 448 g/mol. The van der Waals surface area contributed by atoms with Crippen molar-refractivity contribution in [2.24, 2.45) is 0 Å². The first-order chi connectivity index (χ1) is 16.4. The number of amides is 1. The third-order valence-corrected chi connectivity index (χ3v) is 6.31. The number of aryl methyl sites for hydroxylation is 2. The number of ether oxygens (including phenoxy) is 2. The van der Waals surface area contributed by atoms with Crippen molar-refractivity contribution < 1.29 is 14.3 Å². The van der Waals surface area contributed by atoms with E-state index in [1.54, 1.807) is 0 Å². The molecule has 1 aliphatic heterocycles. The molecule has 5 nitrogen and oxygen atoms in total. The zero-order chi connectivity index (χ0) is 24.1. The molecular formula is C28H31ClN2O3. The number of hydrogen-bond acceptors (Lipinski definition) is 4. The van der Waals surface area contributed by atoms with Gasteiger partial charge in [-0.05, 0) is 74.4 Å². The zero-order valence-corrected chi connectivity index (χ0v) is 20.8. The summed E-state index contributed by atoms with van der Waals surface area (Å²) in [6, 6.07) is 19.5. The van der Waals surface area contributed by atoms with Crippen molar-refractivity contribution in [3.05, 3.63) is 87.9 Å². The van der Waals surface area contributed by atoms with Crippen LogP contribution >= 0.6 is 11.6 Å². The summed E-state index contributed by atoms with van der Waals surface area (Å²) in [4.78, 5) is 17.5. The van der Waals surface area contributed by atoms with Gasteiger partial charge in [-0.1, -0.05) is 29.8 Å². The molecule has 1 heterocycles. The Balaban J connectivity index is 1.45. The van der Waals surface area contributed by atoms with Crippen LogP contribution in [0.25, 0.3) is 0 Å². The molecule has 0 saturated carbocycles. The molecule has 0 aliphatic carbocycles. The Hall–Kier alpha value is -3.18. The number of piperazine rings is 1. The lowest BCUT2D eigenvalue weighted by molar-refractivity contribution is 0.0746. The number of rotatable bonds is 7. The fourth-order valence-electron chi connectivity index (χ4n) is 4.24. The molecule has 6 heteroatoms. The quantitative estimate of drug-likeness (QED) is 0.424. The molecule has 34 heavy (non-hydrogen) atoms. The van der Waals surface area contributed by atoms with Gasteiger partial charge in [0.05, 0.1) is 6.61 Å². The van der Waals surface area contributed by atoms with Gasteiger partial charge in [0.1, 0.15) is 18.1 Å². The van der Waals surface area contributed by atoms with Crippen LogP contribution in [0.5, 0.6) is 11.5 Å². The van der Waals surface area contributed by atoms with Gasteiger partial charge in [-0.2, -0.15) is 0 Å². The highest BCUT2D eigenvalue weighted by Gasteiger charge is 2.24. The second-order valence-corrected chi connectivity index (χ2v) is 9.01. The van der Waals surface area contributed by atoms with E-state index in [0.29, 0.717) is 31.9 Å². The van der Waals surface area contributed by atoms with Crippen LogP contribution in [0.2, 0.25) is 5.02 Å². The number of nitrogens with zero attached hydrogens (tertiary/aromatic N) is 2. The van der Waals surface area contributed by atoms with E-state index in [0.717, 1.165) is 46.4 Å². The second kappa shape index (κ2) is 10.8. The van der Waals surface area contributed by atoms with E-state index in [2.05, 4.69) is 11.8 Å². The minimum Gasteiger partial charge on any atom is -0.493 e. The van der Waals surface area contributed by atoms with Gasteiger partial charge in [0.2, 0.25) is 0 Å². The maximum Gasteiger partial charge on any atom is 0.253 e. The predicted molar refractivity (Wildman–Crippen MR) is 137 cm³/mol. The number of anilines is 1. The van der Waals surface area contributed by atoms with Crippen LogP contribution in [0.15, 0.2) is 60.7 Å². The largest absolute Gasteiger partial charge is 0.493 e. The van der Waals surface area contributed by atoms with Crippen molar-refractivity contribution in [1.82, 2.24) is 4.90 Å². The van der Waals surface area contributed by atoms with Gasteiger partial charge in [-0.15, -0.1) is 0 Å². The molecule has 1 amide bonds. The molecule has 1 aliphatic rings. The summed E-state index contributed by atoms with van der Waals surface area (Å²) >= 11 is 6.21. The Morgan fingerprint density at radius 1 is 0.941 bits per heavy atom. The van der Waals surface area contributed by atoms with Crippen LogP contribution in [-0.2, 0) is 6.61 Å². The summed E-state index contributed by atoms with van der Waals surface area (Å²) in [6.07, 6.45) is 0. The number of halogens is 1. The highest BCUT2D eigenvalue weighted by molar-refractivity contribution is 6.30. The third-order valence-electron chi connectivity index (χ3n) is 6.07. The van der Waals surface area contributed by atoms with Gasteiger partial charge in [-0.3, -0.25) is 4.79 Å². The predicted octanol–water partition coefficient (Wildman–Crippen LogP) is 5.90. The molecule has 0 N–H and O–H groups in total. The van der Waals surface area contributed by atoms with Gasteiger partial charge < -0.3 is 19.3 Å². The first kappa shape index (κ1) is 24.0. The maximum atomic E-state index is 13.3. The van der Waals surface area contributed by atoms with Crippen LogP contribution in [0, 0.1) is 13.8 Å². The van der Waals surface area contributed by atoms with E-state index < -0.39 is 0 Å². The number of benzene rings is 3. The molecule has 1 fully saturated rings. The Kier molecular flexibility index (Phi) is 7.63. The SMILES string of the molecule is CCOc1ccc(C(=O)N2CCN(c3cc(Cl)ccc3C)CC2)cc1COc1cccc(C)c1. The highest BCUT2D eigenvalue weighted by Crippen LogP contribution is 2.27. The Labute approximate surface area is 206 Å². The van der Waals surface area contributed by atoms with Crippen molar-refractivity contribution in [2.75, 3.05) is 37.7 Å². The highest BCUT2D eigenvalue weighted by atomic mass is 35.5. The lowest BCUT2D eigenvalue weighted by atomic mass is 10.1. The van der Waals surface area contributed by atoms with Crippen molar-refractivity contribution >= 4 is 23.2 Å². The lowest BCUT2D eigenvalue weighted by Gasteiger charge is -2.37. The third kappa shape index (κ3) is 5.65. The van der Waals surface area contributed by atoms with Crippen LogP contribution in [0.4, 0.5) is 5.69 Å². The van der Waals surface area contributed by atoms with Crippen molar-refractivity contribution in [3.8, 4) is 11.5 Å². The molecule has 0 aromatic heterocycles. The van der Waals surface area contributed by atoms with E-state index in [4.69, 9.17) is 21.1 Å². The summed E-state index contributed by atoms with van der Waals surface area (Å²) in [7, 11) is 0. The fourth-order valence-corrected chi connectivity index (χ4v) is 4.41. The normalized spacial score (nSPS) is 13.6. The zero-order valence-electron chi connectivity index (χ0n) is 20.0. The summed E-state index contributed by atoms with van der Waals surface area (Å²) < 4.78 is 11.8. The van der Waals surface area contributed by atoms with Crippen LogP contribution in [0.3, 0.4) is 0 Å². The average molecular weight is 479 g/mol. The Bertz CT molecular complexity index is 1160.